The van der Waals surface area contributed by atoms with E-state index in [1.54, 1.807) is 24.5 Å². The van der Waals surface area contributed by atoms with E-state index in [-0.39, 0.29) is 23.6 Å². The maximum atomic E-state index is 12.6. The van der Waals surface area contributed by atoms with Gasteiger partial charge in [0.25, 0.3) is 5.91 Å². The Kier molecular flexibility index (Phi) is 7.90. The monoisotopic (exact) mass is 468 g/mol. The number of nitrogens with one attached hydrogen (secondary N) is 2. The van der Waals surface area contributed by atoms with Crippen molar-refractivity contribution >= 4 is 35.2 Å². The van der Waals surface area contributed by atoms with Crippen LogP contribution >= 0.6 is 11.8 Å². The molecule has 10 heteroatoms. The van der Waals surface area contributed by atoms with Gasteiger partial charge in [0.05, 0.1) is 30.5 Å². The van der Waals surface area contributed by atoms with Crippen LogP contribution in [0, 0.1) is 18.3 Å². The van der Waals surface area contributed by atoms with Gasteiger partial charge < -0.3 is 20.1 Å². The maximum Gasteiger partial charge on any atom is 0.340 e. The number of pyridine rings is 1. The molecule has 2 aromatic rings. The van der Waals surface area contributed by atoms with Gasteiger partial charge in [-0.1, -0.05) is 6.07 Å². The third-order valence-electron chi connectivity index (χ3n) is 4.94. The van der Waals surface area contributed by atoms with Gasteiger partial charge >= 0.3 is 5.97 Å². The molecule has 0 saturated heterocycles. The Hall–Kier alpha value is -3.58. The lowest BCUT2D eigenvalue weighted by Gasteiger charge is -2.12. The number of aryl methyl sites for hydroxylation is 1. The van der Waals surface area contributed by atoms with Gasteiger partial charge in [-0.15, -0.1) is 11.8 Å². The summed E-state index contributed by atoms with van der Waals surface area (Å²) in [5.74, 6) is -1.11. The molecular weight excluding hydrogens is 444 g/mol. The molecule has 9 nitrogen and oxygen atoms in total. The van der Waals surface area contributed by atoms with Gasteiger partial charge in [0.1, 0.15) is 16.8 Å². The van der Waals surface area contributed by atoms with Gasteiger partial charge in [-0.25, -0.2) is 9.78 Å². The predicted molar refractivity (Wildman–Crippen MR) is 122 cm³/mol. The first-order valence-electron chi connectivity index (χ1n) is 10.2. The van der Waals surface area contributed by atoms with Gasteiger partial charge in [-0.05, 0) is 49.8 Å². The number of amides is 2. The van der Waals surface area contributed by atoms with Gasteiger partial charge in [-0.2, -0.15) is 5.26 Å². The van der Waals surface area contributed by atoms with Crippen LogP contribution in [0.4, 0.5) is 5.69 Å². The number of hydrogen-bond acceptors (Lipinski definition) is 8. The van der Waals surface area contributed by atoms with Crippen LogP contribution < -0.4 is 15.4 Å². The highest BCUT2D eigenvalue weighted by Crippen LogP contribution is 2.40. The largest absolute Gasteiger partial charge is 0.495 e. The van der Waals surface area contributed by atoms with Crippen LogP contribution in [-0.4, -0.2) is 49.3 Å². The first-order valence-corrected chi connectivity index (χ1v) is 11.5. The molecule has 2 N–H and O–H groups in total. The summed E-state index contributed by atoms with van der Waals surface area (Å²) < 4.78 is 10.3. The molecule has 0 spiro atoms. The first kappa shape index (κ1) is 24.1. The summed E-state index contributed by atoms with van der Waals surface area (Å²) in [5, 5.41) is 15.0. The van der Waals surface area contributed by atoms with Crippen molar-refractivity contribution < 1.29 is 23.9 Å². The standard InChI is InChI=1S/C23H24N4O5S/c1-13-4-7-19(31-2)18(8-13)26-20(28)11-25-21(29)12-32-23(30)15-9-17(14-5-6-14)27-22(33-3)16(15)10-24/h4,7-9,14H,5-6,11-12H2,1-3H3,(H,25,29)(H,26,28). The van der Waals surface area contributed by atoms with Crippen LogP contribution in [0.3, 0.4) is 0 Å². The summed E-state index contributed by atoms with van der Waals surface area (Å²) >= 11 is 1.28. The second-order valence-corrected chi connectivity index (χ2v) is 8.26. The molecule has 1 saturated carbocycles. The first-order chi connectivity index (χ1) is 15.9. The average Bonchev–Trinajstić information content (AvgIpc) is 3.66. The number of methoxy groups -OCH3 is 1. The number of rotatable bonds is 9. The van der Waals surface area contributed by atoms with Gasteiger partial charge in [0.2, 0.25) is 5.91 Å². The normalized spacial score (nSPS) is 12.4. The Balaban J connectivity index is 1.55. The Morgan fingerprint density at radius 1 is 1.24 bits per heavy atom. The highest BCUT2D eigenvalue weighted by atomic mass is 32.2. The van der Waals surface area contributed by atoms with E-state index in [0.29, 0.717) is 16.5 Å². The summed E-state index contributed by atoms with van der Waals surface area (Å²) in [6.45, 7) is 0.983. The molecule has 0 radical (unpaired) electrons. The molecule has 2 amide bonds. The number of aromatic nitrogens is 1. The second kappa shape index (κ2) is 10.8. The van der Waals surface area contributed by atoms with E-state index in [4.69, 9.17) is 9.47 Å². The number of esters is 1. The summed E-state index contributed by atoms with van der Waals surface area (Å²) in [7, 11) is 1.49. The van der Waals surface area contributed by atoms with Crippen LogP contribution in [0.5, 0.6) is 5.75 Å². The lowest BCUT2D eigenvalue weighted by molar-refractivity contribution is -0.126. The Labute approximate surface area is 195 Å². The molecule has 1 aliphatic rings. The number of ether oxygens (including phenoxy) is 2. The number of thioether (sulfide) groups is 1. The molecule has 3 rings (SSSR count). The highest BCUT2D eigenvalue weighted by molar-refractivity contribution is 7.98. The highest BCUT2D eigenvalue weighted by Gasteiger charge is 2.29. The minimum absolute atomic E-state index is 0.0934. The predicted octanol–water partition coefficient (Wildman–Crippen LogP) is 2.78. The Morgan fingerprint density at radius 2 is 2.00 bits per heavy atom. The fourth-order valence-electron chi connectivity index (χ4n) is 3.10. The fourth-order valence-corrected chi connectivity index (χ4v) is 3.65. The number of benzene rings is 1. The summed E-state index contributed by atoms with van der Waals surface area (Å²) in [6.07, 6.45) is 3.75. The zero-order valence-corrected chi connectivity index (χ0v) is 19.4. The van der Waals surface area contributed by atoms with Gasteiger partial charge in [0.15, 0.2) is 6.61 Å². The van der Waals surface area contributed by atoms with Crippen molar-refractivity contribution in [3.05, 3.63) is 46.6 Å². The van der Waals surface area contributed by atoms with E-state index in [0.717, 1.165) is 24.1 Å². The van der Waals surface area contributed by atoms with E-state index >= 15 is 0 Å². The molecule has 172 valence electrons. The van der Waals surface area contributed by atoms with Crippen LogP contribution in [0.15, 0.2) is 29.3 Å². The van der Waals surface area contributed by atoms with E-state index in [1.807, 2.05) is 19.1 Å². The summed E-state index contributed by atoms with van der Waals surface area (Å²) in [6, 6.07) is 8.90. The molecule has 0 atom stereocenters. The van der Waals surface area contributed by atoms with Crippen LogP contribution in [0.25, 0.3) is 0 Å². The minimum Gasteiger partial charge on any atom is -0.495 e. The van der Waals surface area contributed by atoms with Crippen molar-refractivity contribution in [2.24, 2.45) is 0 Å². The number of nitriles is 1. The SMILES string of the molecule is COc1ccc(C)cc1NC(=O)CNC(=O)COC(=O)c1cc(C2CC2)nc(SC)c1C#N. The molecule has 1 heterocycles. The van der Waals surface area contributed by atoms with E-state index in [9.17, 15) is 19.6 Å². The van der Waals surface area contributed by atoms with Crippen LogP contribution in [0.2, 0.25) is 0 Å². The van der Waals surface area contributed by atoms with Crippen molar-refractivity contribution in [2.45, 2.75) is 30.7 Å². The third-order valence-corrected chi connectivity index (χ3v) is 5.62. The Morgan fingerprint density at radius 3 is 2.64 bits per heavy atom. The number of nitrogens with zero attached hydrogens (tertiary/aromatic N) is 2. The van der Waals surface area contributed by atoms with E-state index in [1.165, 1.54) is 18.9 Å². The molecule has 0 aliphatic heterocycles. The average molecular weight is 469 g/mol. The zero-order valence-electron chi connectivity index (χ0n) is 18.6. The van der Waals surface area contributed by atoms with E-state index in [2.05, 4.69) is 15.6 Å². The third kappa shape index (κ3) is 6.23. The number of hydrogen-bond donors (Lipinski definition) is 2. The van der Waals surface area contributed by atoms with Crippen molar-refractivity contribution in [2.75, 3.05) is 31.8 Å². The van der Waals surface area contributed by atoms with Crippen molar-refractivity contribution in [1.29, 1.82) is 5.26 Å². The maximum absolute atomic E-state index is 12.6. The summed E-state index contributed by atoms with van der Waals surface area (Å²) in [5.41, 5.74) is 2.39. The second-order valence-electron chi connectivity index (χ2n) is 7.47. The molecule has 0 bridgehead atoms. The van der Waals surface area contributed by atoms with Crippen molar-refractivity contribution in [3.63, 3.8) is 0 Å². The number of carbonyl (C=O) groups excluding carboxylic acids is 3. The fraction of sp³-hybridized carbons (Fsp3) is 0.348. The van der Waals surface area contributed by atoms with Crippen LogP contribution in [0.1, 0.15) is 45.9 Å². The Bertz CT molecular complexity index is 1120. The van der Waals surface area contributed by atoms with Crippen molar-refractivity contribution in [3.8, 4) is 11.8 Å². The quantitative estimate of drug-likeness (QED) is 0.424. The molecule has 1 aliphatic carbocycles. The summed E-state index contributed by atoms with van der Waals surface area (Å²) in [4.78, 5) is 41.3. The lowest BCUT2D eigenvalue weighted by atomic mass is 10.1. The van der Waals surface area contributed by atoms with Gasteiger partial charge in [-0.3, -0.25) is 9.59 Å². The topological polar surface area (TPSA) is 130 Å². The molecule has 1 fully saturated rings. The number of carbonyl (C=O) groups is 3. The minimum atomic E-state index is -0.782. The molecule has 0 unspecified atom stereocenters. The smallest absolute Gasteiger partial charge is 0.340 e. The zero-order chi connectivity index (χ0) is 24.0. The molecular formula is C23H24N4O5S. The van der Waals surface area contributed by atoms with Gasteiger partial charge in [0, 0.05) is 11.6 Å². The molecule has 1 aromatic carbocycles. The van der Waals surface area contributed by atoms with Crippen LogP contribution in [-0.2, 0) is 14.3 Å². The molecule has 1 aromatic heterocycles. The number of anilines is 1. The lowest BCUT2D eigenvalue weighted by Crippen LogP contribution is -2.35. The van der Waals surface area contributed by atoms with E-state index < -0.39 is 24.4 Å². The molecule has 33 heavy (non-hydrogen) atoms. The van der Waals surface area contributed by atoms with Crippen molar-refractivity contribution in [1.82, 2.24) is 10.3 Å².